The van der Waals surface area contributed by atoms with Crippen LogP contribution in [0.1, 0.15) is 13.3 Å². The molecule has 2 rings (SSSR count). The van der Waals surface area contributed by atoms with Crippen LogP contribution in [-0.2, 0) is 9.53 Å². The van der Waals surface area contributed by atoms with Crippen LogP contribution in [0, 0.1) is 11.7 Å². The molecule has 1 aliphatic rings. The van der Waals surface area contributed by atoms with Gasteiger partial charge in [0, 0.05) is 38.3 Å². The van der Waals surface area contributed by atoms with E-state index in [1.54, 1.807) is 0 Å². The third kappa shape index (κ3) is 7.55. The summed E-state index contributed by atoms with van der Waals surface area (Å²) in [6.07, 6.45) is 1.05. The quantitative estimate of drug-likeness (QED) is 0.386. The summed E-state index contributed by atoms with van der Waals surface area (Å²) in [7, 11) is 1.96. The lowest BCUT2D eigenvalue weighted by Crippen LogP contribution is -2.42. The smallest absolute Gasteiger partial charge is 0.246 e. The molecular formula is C17H26FIN4O2. The number of hydrogen-bond acceptors (Lipinski definition) is 3. The Bertz CT molecular complexity index is 562. The Labute approximate surface area is 165 Å². The molecule has 1 aromatic rings. The van der Waals surface area contributed by atoms with Crippen molar-refractivity contribution in [1.82, 2.24) is 10.2 Å². The van der Waals surface area contributed by atoms with Crippen molar-refractivity contribution in [2.75, 3.05) is 45.2 Å². The van der Waals surface area contributed by atoms with E-state index in [-0.39, 0.29) is 42.2 Å². The number of nitrogens with one attached hydrogen (secondary N) is 2. The Morgan fingerprint density at radius 1 is 1.40 bits per heavy atom. The van der Waals surface area contributed by atoms with Crippen LogP contribution in [0.3, 0.4) is 0 Å². The van der Waals surface area contributed by atoms with Gasteiger partial charge in [-0.05, 0) is 37.6 Å². The first-order valence-electron chi connectivity index (χ1n) is 8.21. The van der Waals surface area contributed by atoms with E-state index in [9.17, 15) is 9.18 Å². The van der Waals surface area contributed by atoms with E-state index in [0.29, 0.717) is 17.6 Å². The molecule has 140 valence electrons. The second kappa shape index (κ2) is 11.2. The van der Waals surface area contributed by atoms with Crippen molar-refractivity contribution in [3.05, 3.63) is 30.1 Å². The van der Waals surface area contributed by atoms with Gasteiger partial charge in [-0.3, -0.25) is 4.79 Å². The highest BCUT2D eigenvalue weighted by Crippen LogP contribution is 2.13. The van der Waals surface area contributed by atoms with Gasteiger partial charge in [-0.15, -0.1) is 24.0 Å². The van der Waals surface area contributed by atoms with E-state index in [1.165, 1.54) is 24.3 Å². The number of ether oxygens (including phenoxy) is 1. The van der Waals surface area contributed by atoms with E-state index in [2.05, 4.69) is 15.6 Å². The molecule has 2 N–H and O–H groups in total. The molecule has 8 heteroatoms. The predicted octanol–water partition coefficient (Wildman–Crippen LogP) is 2.32. The third-order valence-corrected chi connectivity index (χ3v) is 3.75. The van der Waals surface area contributed by atoms with Crippen molar-refractivity contribution in [2.24, 2.45) is 10.9 Å². The van der Waals surface area contributed by atoms with Gasteiger partial charge < -0.3 is 20.3 Å². The lowest BCUT2D eigenvalue weighted by atomic mass is 10.1. The average molecular weight is 464 g/mol. The molecule has 0 bridgehead atoms. The van der Waals surface area contributed by atoms with Gasteiger partial charge in [0.15, 0.2) is 5.96 Å². The normalized spacial score (nSPS) is 16.9. The van der Waals surface area contributed by atoms with Gasteiger partial charge in [0.05, 0.1) is 6.61 Å². The second-order valence-corrected chi connectivity index (χ2v) is 5.84. The highest BCUT2D eigenvalue weighted by Gasteiger charge is 2.19. The van der Waals surface area contributed by atoms with Gasteiger partial charge in [-0.1, -0.05) is 0 Å². The number of carbonyl (C=O) groups excluding carboxylic acids is 1. The number of benzene rings is 1. The zero-order valence-corrected chi connectivity index (χ0v) is 17.0. The zero-order chi connectivity index (χ0) is 17.4. The van der Waals surface area contributed by atoms with E-state index in [0.717, 1.165) is 32.7 Å². The van der Waals surface area contributed by atoms with E-state index >= 15 is 0 Å². The molecule has 0 aromatic heterocycles. The molecule has 1 aliphatic heterocycles. The number of amides is 1. The fourth-order valence-electron chi connectivity index (χ4n) is 2.55. The van der Waals surface area contributed by atoms with Crippen molar-refractivity contribution in [3.63, 3.8) is 0 Å². The topological polar surface area (TPSA) is 66.0 Å². The predicted molar refractivity (Wildman–Crippen MR) is 108 cm³/mol. The summed E-state index contributed by atoms with van der Waals surface area (Å²) in [5, 5.41) is 5.89. The van der Waals surface area contributed by atoms with E-state index in [4.69, 9.17) is 4.74 Å². The molecule has 1 amide bonds. The molecule has 1 atom stereocenters. The largest absolute Gasteiger partial charge is 0.381 e. The maximum atomic E-state index is 12.9. The SMILES string of the molecule is CCNC(=NCC(=O)Nc1ccc(F)cc1)N(C)CC1CCOC1.I. The number of guanidine groups is 1. The Balaban J connectivity index is 0.00000312. The fraction of sp³-hybridized carbons (Fsp3) is 0.529. The van der Waals surface area contributed by atoms with Gasteiger partial charge in [-0.2, -0.15) is 0 Å². The highest BCUT2D eigenvalue weighted by molar-refractivity contribution is 14.0. The molecule has 6 nitrogen and oxygen atoms in total. The molecule has 0 spiro atoms. The van der Waals surface area contributed by atoms with Crippen LogP contribution in [0.5, 0.6) is 0 Å². The maximum absolute atomic E-state index is 12.9. The van der Waals surface area contributed by atoms with Crippen LogP contribution in [-0.4, -0.2) is 56.7 Å². The lowest BCUT2D eigenvalue weighted by Gasteiger charge is -2.24. The minimum absolute atomic E-state index is 0. The first-order valence-corrected chi connectivity index (χ1v) is 8.21. The molecule has 1 unspecified atom stereocenters. The second-order valence-electron chi connectivity index (χ2n) is 5.84. The Hall–Kier alpha value is -1.42. The monoisotopic (exact) mass is 464 g/mol. The van der Waals surface area contributed by atoms with Gasteiger partial charge in [0.2, 0.25) is 5.91 Å². The molecule has 1 fully saturated rings. The van der Waals surface area contributed by atoms with Crippen molar-refractivity contribution in [2.45, 2.75) is 13.3 Å². The lowest BCUT2D eigenvalue weighted by molar-refractivity contribution is -0.114. The first kappa shape index (κ1) is 21.6. The summed E-state index contributed by atoms with van der Waals surface area (Å²) < 4.78 is 18.3. The van der Waals surface area contributed by atoms with Gasteiger partial charge >= 0.3 is 0 Å². The van der Waals surface area contributed by atoms with Crippen LogP contribution >= 0.6 is 24.0 Å². The number of hydrogen-bond donors (Lipinski definition) is 2. The number of carbonyl (C=O) groups is 1. The van der Waals surface area contributed by atoms with E-state index in [1.807, 2.05) is 18.9 Å². The standard InChI is InChI=1S/C17H25FN4O2.HI/c1-3-19-17(22(2)11-13-8-9-24-12-13)20-10-16(23)21-15-6-4-14(18)5-7-15;/h4-7,13H,3,8-12H2,1-2H3,(H,19,20)(H,21,23);1H. The minimum Gasteiger partial charge on any atom is -0.381 e. The Morgan fingerprint density at radius 2 is 2.12 bits per heavy atom. The van der Waals surface area contributed by atoms with Gasteiger partial charge in [0.1, 0.15) is 12.4 Å². The summed E-state index contributed by atoms with van der Waals surface area (Å²) >= 11 is 0. The number of anilines is 1. The van der Waals surface area contributed by atoms with Crippen molar-refractivity contribution >= 4 is 41.5 Å². The summed E-state index contributed by atoms with van der Waals surface area (Å²) in [6, 6.07) is 5.66. The van der Waals surface area contributed by atoms with Crippen LogP contribution in [0.4, 0.5) is 10.1 Å². The Kier molecular flexibility index (Phi) is 9.73. The third-order valence-electron chi connectivity index (χ3n) is 3.75. The first-order chi connectivity index (χ1) is 11.6. The molecule has 1 heterocycles. The molecular weight excluding hydrogens is 438 g/mol. The molecule has 1 aromatic carbocycles. The van der Waals surface area contributed by atoms with Gasteiger partial charge in [-0.25, -0.2) is 9.38 Å². The van der Waals surface area contributed by atoms with E-state index < -0.39 is 0 Å². The van der Waals surface area contributed by atoms with Crippen LogP contribution < -0.4 is 10.6 Å². The summed E-state index contributed by atoms with van der Waals surface area (Å²) in [5.41, 5.74) is 0.554. The number of nitrogens with zero attached hydrogens (tertiary/aromatic N) is 2. The van der Waals surface area contributed by atoms with Crippen LogP contribution in [0.15, 0.2) is 29.3 Å². The van der Waals surface area contributed by atoms with Crippen molar-refractivity contribution in [1.29, 1.82) is 0 Å². The molecule has 0 saturated carbocycles. The van der Waals surface area contributed by atoms with Gasteiger partial charge in [0.25, 0.3) is 0 Å². The van der Waals surface area contributed by atoms with Crippen molar-refractivity contribution in [3.8, 4) is 0 Å². The fourth-order valence-corrected chi connectivity index (χ4v) is 2.55. The summed E-state index contributed by atoms with van der Waals surface area (Å²) in [6.45, 7) is 5.14. The zero-order valence-electron chi connectivity index (χ0n) is 14.6. The van der Waals surface area contributed by atoms with Crippen molar-refractivity contribution < 1.29 is 13.9 Å². The number of aliphatic imine (C=N–C) groups is 1. The Morgan fingerprint density at radius 3 is 2.72 bits per heavy atom. The molecule has 1 saturated heterocycles. The average Bonchev–Trinajstić information content (AvgIpc) is 3.06. The minimum atomic E-state index is -0.335. The van der Waals surface area contributed by atoms with Crippen LogP contribution in [0.25, 0.3) is 0 Å². The summed E-state index contributed by atoms with van der Waals surface area (Å²) in [4.78, 5) is 18.4. The highest BCUT2D eigenvalue weighted by atomic mass is 127. The molecule has 25 heavy (non-hydrogen) atoms. The molecule has 0 radical (unpaired) electrons. The molecule has 0 aliphatic carbocycles. The van der Waals surface area contributed by atoms with Crippen LogP contribution in [0.2, 0.25) is 0 Å². The number of rotatable bonds is 6. The maximum Gasteiger partial charge on any atom is 0.246 e. The number of halogens is 2. The summed E-state index contributed by atoms with van der Waals surface area (Å²) in [5.74, 6) is 0.609.